The maximum absolute atomic E-state index is 6.60. The number of rotatable bonds is 3. The zero-order valence-electron chi connectivity index (χ0n) is 37.7. The predicted octanol–water partition coefficient (Wildman–Crippen LogP) is 15.1. The molecule has 2 aliphatic rings. The summed E-state index contributed by atoms with van der Waals surface area (Å²) in [5.41, 5.74) is 21.2. The summed E-state index contributed by atoms with van der Waals surface area (Å²) in [5, 5.41) is 11.4. The van der Waals surface area contributed by atoms with Gasteiger partial charge in [0.2, 0.25) is 0 Å². The van der Waals surface area contributed by atoms with Crippen LogP contribution >= 0.6 is 11.3 Å². The number of aromatic nitrogens is 1. The molecule has 8 aromatic carbocycles. The van der Waals surface area contributed by atoms with Crippen molar-refractivity contribution < 1.29 is 4.42 Å². The first kappa shape index (κ1) is 38.0. The number of anilines is 2. The fourth-order valence-corrected chi connectivity index (χ4v) is 12.4. The molecule has 0 radical (unpaired) electrons. The summed E-state index contributed by atoms with van der Waals surface area (Å²) in [7, 11) is 0.828. The third kappa shape index (κ3) is 5.34. The summed E-state index contributed by atoms with van der Waals surface area (Å²) in [4.78, 5) is 0. The maximum Gasteiger partial charge on any atom is 0.198 e. The number of hydrogen-bond acceptors (Lipinski definition) is 3. The van der Waals surface area contributed by atoms with E-state index in [-0.39, 0.29) is 16.2 Å². The van der Waals surface area contributed by atoms with Crippen LogP contribution < -0.4 is 16.2 Å². The van der Waals surface area contributed by atoms with Crippen molar-refractivity contribution in [1.29, 1.82) is 0 Å². The van der Waals surface area contributed by atoms with E-state index in [1.165, 1.54) is 103 Å². The van der Waals surface area contributed by atoms with Gasteiger partial charge in [0.25, 0.3) is 0 Å². The van der Waals surface area contributed by atoms with E-state index in [4.69, 9.17) is 4.42 Å². The van der Waals surface area contributed by atoms with Crippen LogP contribution in [-0.4, -0.2) is 11.8 Å². The van der Waals surface area contributed by atoms with E-state index in [0.717, 1.165) is 40.6 Å². The molecule has 0 saturated carbocycles. The van der Waals surface area contributed by atoms with Gasteiger partial charge in [-0.1, -0.05) is 146 Å². The molecular weight excluding hydrogens is 796 g/mol. The highest BCUT2D eigenvalue weighted by Gasteiger charge is 2.38. The molecule has 3 nitrogen and oxygen atoms in total. The first-order valence-corrected chi connectivity index (χ1v) is 23.6. The van der Waals surface area contributed by atoms with Gasteiger partial charge in [-0.05, 0) is 104 Å². The zero-order chi connectivity index (χ0) is 43.6. The molecule has 13 rings (SSSR count). The minimum Gasteiger partial charge on any atom is -0.456 e. The SMILES string of the molecule is CC(C)(C)c1ccc(Nc2cc3sc4cc(C(C)(C)C)ccc4c3cc2-c2ccc3c4cc5c(cc4n4c3c2Bc2cc3c(cc2-4)-c2ccccc2C3(C)C)oc2ccccc25)cc1. The molecule has 3 aromatic heterocycles. The summed E-state index contributed by atoms with van der Waals surface area (Å²) in [6, 6.07) is 53.0. The van der Waals surface area contributed by atoms with Crippen LogP contribution in [0.1, 0.15) is 77.6 Å². The maximum atomic E-state index is 6.60. The average molecular weight is 845 g/mol. The van der Waals surface area contributed by atoms with Crippen LogP contribution in [0.2, 0.25) is 0 Å². The molecule has 0 unspecified atom stereocenters. The van der Waals surface area contributed by atoms with E-state index < -0.39 is 0 Å². The predicted molar refractivity (Wildman–Crippen MR) is 277 cm³/mol. The quantitative estimate of drug-likeness (QED) is 0.180. The van der Waals surface area contributed by atoms with Crippen molar-refractivity contribution in [2.24, 2.45) is 0 Å². The van der Waals surface area contributed by atoms with Crippen molar-refractivity contribution in [2.75, 3.05) is 5.32 Å². The van der Waals surface area contributed by atoms with Crippen LogP contribution in [0.3, 0.4) is 0 Å². The molecule has 5 heteroatoms. The van der Waals surface area contributed by atoms with Gasteiger partial charge in [0.05, 0.1) is 5.52 Å². The third-order valence-electron chi connectivity index (χ3n) is 14.7. The molecule has 1 aliphatic heterocycles. The van der Waals surface area contributed by atoms with Gasteiger partial charge in [-0.3, -0.25) is 0 Å². The Morgan fingerprint density at radius 2 is 1.28 bits per heavy atom. The number of hydrogen-bond donors (Lipinski definition) is 1. The number of nitrogens with one attached hydrogen (secondary N) is 1. The van der Waals surface area contributed by atoms with E-state index in [9.17, 15) is 0 Å². The highest BCUT2D eigenvalue weighted by Crippen LogP contribution is 2.50. The van der Waals surface area contributed by atoms with Crippen molar-refractivity contribution in [3.63, 3.8) is 0 Å². The Balaban J connectivity index is 1.10. The first-order chi connectivity index (χ1) is 30.7. The molecule has 0 bridgehead atoms. The van der Waals surface area contributed by atoms with E-state index in [0.29, 0.717) is 0 Å². The van der Waals surface area contributed by atoms with Crippen LogP contribution in [0.25, 0.3) is 91.9 Å². The third-order valence-corrected chi connectivity index (χ3v) is 15.8. The van der Waals surface area contributed by atoms with Crippen molar-refractivity contribution >= 4 is 105 Å². The Labute approximate surface area is 378 Å². The summed E-state index contributed by atoms with van der Waals surface area (Å²) in [6.45, 7) is 18.5. The molecule has 4 heterocycles. The summed E-state index contributed by atoms with van der Waals surface area (Å²) in [5.74, 6) is 0. The van der Waals surface area contributed by atoms with Crippen molar-refractivity contribution in [1.82, 2.24) is 4.57 Å². The first-order valence-electron chi connectivity index (χ1n) is 22.8. The van der Waals surface area contributed by atoms with Gasteiger partial charge >= 0.3 is 0 Å². The monoisotopic (exact) mass is 844 g/mol. The Morgan fingerprint density at radius 1 is 0.547 bits per heavy atom. The Hall–Kier alpha value is -6.56. The number of furan rings is 1. The molecule has 1 aliphatic carbocycles. The lowest BCUT2D eigenvalue weighted by molar-refractivity contribution is 0.590. The molecule has 0 atom stereocenters. The largest absolute Gasteiger partial charge is 0.456 e. The summed E-state index contributed by atoms with van der Waals surface area (Å²) in [6.07, 6.45) is 0. The van der Waals surface area contributed by atoms with Crippen molar-refractivity contribution in [3.8, 4) is 27.9 Å². The minimum absolute atomic E-state index is 0.0715. The molecule has 310 valence electrons. The number of thiophene rings is 1. The van der Waals surface area contributed by atoms with Gasteiger partial charge in [0.15, 0.2) is 7.28 Å². The summed E-state index contributed by atoms with van der Waals surface area (Å²) >= 11 is 1.90. The molecular formula is C59H49BN2OS. The lowest BCUT2D eigenvalue weighted by Gasteiger charge is -2.27. The van der Waals surface area contributed by atoms with Gasteiger partial charge in [0.1, 0.15) is 11.2 Å². The standard InChI is InChI=1S/C59H49BN2OS/c1-57(2,3)32-17-20-34(21-18-32)61-48-30-54-44(37-22-19-33(58(4,5)6)25-53(37)64-54)26-41(48)38-23-24-39-42-27-43-36-14-10-12-16-51(36)63-52(43)31-49(42)62-50-28-40-35-13-9-11-15-45(35)59(7,8)46(40)29-47(50)60-55(38)56(39)62/h9-31,60-61H,1-8H3. The van der Waals surface area contributed by atoms with Gasteiger partial charge in [-0.2, -0.15) is 0 Å². The van der Waals surface area contributed by atoms with E-state index >= 15 is 0 Å². The second-order valence-electron chi connectivity index (χ2n) is 21.1. The van der Waals surface area contributed by atoms with Crippen LogP contribution in [0.15, 0.2) is 144 Å². The molecule has 0 saturated heterocycles. The molecule has 64 heavy (non-hydrogen) atoms. The van der Waals surface area contributed by atoms with Crippen LogP contribution in [-0.2, 0) is 16.2 Å². The number of fused-ring (bicyclic) bond motifs is 14. The highest BCUT2D eigenvalue weighted by molar-refractivity contribution is 7.25. The second-order valence-corrected chi connectivity index (χ2v) is 22.2. The Bertz CT molecular complexity index is 3830. The van der Waals surface area contributed by atoms with E-state index in [1.807, 2.05) is 11.3 Å². The van der Waals surface area contributed by atoms with Crippen LogP contribution in [0.4, 0.5) is 11.4 Å². The minimum atomic E-state index is -0.104. The topological polar surface area (TPSA) is 30.1 Å². The van der Waals surface area contributed by atoms with Crippen LogP contribution in [0, 0.1) is 0 Å². The fourth-order valence-electron chi connectivity index (χ4n) is 11.2. The smallest absolute Gasteiger partial charge is 0.198 e. The van der Waals surface area contributed by atoms with Crippen molar-refractivity contribution in [3.05, 3.63) is 162 Å². The lowest BCUT2D eigenvalue weighted by Crippen LogP contribution is -2.38. The van der Waals surface area contributed by atoms with Crippen molar-refractivity contribution in [2.45, 2.75) is 71.6 Å². The lowest BCUT2D eigenvalue weighted by atomic mass is 9.58. The zero-order valence-corrected chi connectivity index (χ0v) is 38.6. The van der Waals surface area contributed by atoms with Gasteiger partial charge in [-0.15, -0.1) is 11.3 Å². The molecule has 0 fully saturated rings. The highest BCUT2D eigenvalue weighted by atomic mass is 32.1. The van der Waals surface area contributed by atoms with Crippen LogP contribution in [0.5, 0.6) is 0 Å². The molecule has 0 amide bonds. The summed E-state index contributed by atoms with van der Waals surface area (Å²) < 4.78 is 11.8. The second kappa shape index (κ2) is 12.8. The number of benzene rings is 8. The number of nitrogens with zero attached hydrogens (tertiary/aromatic N) is 1. The molecule has 0 spiro atoms. The van der Waals surface area contributed by atoms with Gasteiger partial charge in [0, 0.05) is 81.3 Å². The normalized spacial score (nSPS) is 14.2. The average Bonchev–Trinajstić information content (AvgIpc) is 3.98. The Kier molecular flexibility index (Phi) is 7.59. The van der Waals surface area contributed by atoms with Gasteiger partial charge in [-0.25, -0.2) is 0 Å². The Morgan fingerprint density at radius 3 is 2.09 bits per heavy atom. The van der Waals surface area contributed by atoms with E-state index in [1.54, 1.807) is 0 Å². The van der Waals surface area contributed by atoms with Gasteiger partial charge < -0.3 is 14.3 Å². The van der Waals surface area contributed by atoms with E-state index in [2.05, 4.69) is 205 Å². The molecule has 11 aromatic rings. The number of para-hydroxylation sites is 1. The fraction of sp³-hybridized carbons (Fsp3) is 0.186. The molecule has 1 N–H and O–H groups in total.